The predicted molar refractivity (Wildman–Crippen MR) is 65.1 cm³/mol. The highest BCUT2D eigenvalue weighted by molar-refractivity contribution is 5.64. The molecule has 1 aromatic rings. The number of hydrogen-bond donors (Lipinski definition) is 1. The zero-order chi connectivity index (χ0) is 11.4. The molecule has 2 N–H and O–H groups in total. The number of nitrogen functional groups attached to an aromatic ring is 1. The van der Waals surface area contributed by atoms with Crippen molar-refractivity contribution in [2.24, 2.45) is 0 Å². The zero-order valence-corrected chi connectivity index (χ0v) is 9.61. The maximum absolute atomic E-state index is 5.76. The average molecular weight is 222 g/mol. The first-order valence-corrected chi connectivity index (χ1v) is 5.66. The van der Waals surface area contributed by atoms with Crippen molar-refractivity contribution < 1.29 is 9.47 Å². The number of rotatable bonds is 3. The number of morpholine rings is 1. The van der Waals surface area contributed by atoms with Crippen molar-refractivity contribution in [2.45, 2.75) is 6.92 Å². The number of anilines is 2. The molecule has 1 aliphatic rings. The van der Waals surface area contributed by atoms with Crippen molar-refractivity contribution in [1.29, 1.82) is 0 Å². The van der Waals surface area contributed by atoms with Crippen LogP contribution in [0.3, 0.4) is 0 Å². The lowest BCUT2D eigenvalue weighted by atomic mass is 10.2. The fraction of sp³-hybridized carbons (Fsp3) is 0.500. The van der Waals surface area contributed by atoms with Gasteiger partial charge in [-0.15, -0.1) is 0 Å². The van der Waals surface area contributed by atoms with E-state index in [0.29, 0.717) is 6.61 Å². The Kier molecular flexibility index (Phi) is 3.51. The zero-order valence-electron chi connectivity index (χ0n) is 9.61. The first kappa shape index (κ1) is 11.1. The first-order valence-electron chi connectivity index (χ1n) is 5.66. The monoisotopic (exact) mass is 222 g/mol. The van der Waals surface area contributed by atoms with E-state index < -0.39 is 0 Å². The Morgan fingerprint density at radius 2 is 2.12 bits per heavy atom. The number of nitrogens with two attached hydrogens (primary N) is 1. The van der Waals surface area contributed by atoms with E-state index in [1.165, 1.54) is 0 Å². The lowest BCUT2D eigenvalue weighted by molar-refractivity contribution is 0.122. The fourth-order valence-corrected chi connectivity index (χ4v) is 1.87. The number of nitrogens with zero attached hydrogens (tertiary/aromatic N) is 1. The van der Waals surface area contributed by atoms with Gasteiger partial charge in [0.15, 0.2) is 0 Å². The van der Waals surface area contributed by atoms with Crippen LogP contribution in [-0.2, 0) is 4.74 Å². The summed E-state index contributed by atoms with van der Waals surface area (Å²) in [6, 6.07) is 5.81. The Bertz CT molecular complexity index is 349. The maximum atomic E-state index is 5.76. The van der Waals surface area contributed by atoms with Gasteiger partial charge in [0, 0.05) is 24.8 Å². The summed E-state index contributed by atoms with van der Waals surface area (Å²) in [5.74, 6) is 0.865. The molecule has 4 nitrogen and oxygen atoms in total. The summed E-state index contributed by atoms with van der Waals surface area (Å²) in [4.78, 5) is 2.27. The minimum atomic E-state index is 0.654. The van der Waals surface area contributed by atoms with Gasteiger partial charge in [-0.25, -0.2) is 0 Å². The summed E-state index contributed by atoms with van der Waals surface area (Å²) in [6.45, 7) is 5.99. The summed E-state index contributed by atoms with van der Waals surface area (Å²) < 4.78 is 10.9. The number of ether oxygens (including phenoxy) is 2. The molecule has 0 spiro atoms. The molecule has 0 amide bonds. The molecule has 0 aliphatic carbocycles. The molecule has 1 fully saturated rings. The third-order valence-electron chi connectivity index (χ3n) is 2.64. The van der Waals surface area contributed by atoms with Crippen molar-refractivity contribution in [1.82, 2.24) is 0 Å². The normalized spacial score (nSPS) is 16.2. The van der Waals surface area contributed by atoms with Gasteiger partial charge in [0.25, 0.3) is 0 Å². The molecular formula is C12H18N2O2. The van der Waals surface area contributed by atoms with Gasteiger partial charge in [-0.05, 0) is 19.1 Å². The van der Waals surface area contributed by atoms with Gasteiger partial charge in [-0.1, -0.05) is 0 Å². The summed E-state index contributed by atoms with van der Waals surface area (Å²) in [7, 11) is 0. The highest BCUT2D eigenvalue weighted by atomic mass is 16.5. The topological polar surface area (TPSA) is 47.7 Å². The van der Waals surface area contributed by atoms with Crippen LogP contribution in [0.2, 0.25) is 0 Å². The standard InChI is InChI=1S/C12H18N2O2/c1-2-16-12-9-10(13)3-4-11(12)14-5-7-15-8-6-14/h3-4,9H,2,5-8,13H2,1H3. The predicted octanol–water partition coefficient (Wildman–Crippen LogP) is 1.50. The number of hydrogen-bond acceptors (Lipinski definition) is 4. The molecule has 1 saturated heterocycles. The summed E-state index contributed by atoms with van der Waals surface area (Å²) in [5, 5.41) is 0. The van der Waals surface area contributed by atoms with Crippen LogP contribution in [0.1, 0.15) is 6.92 Å². The molecule has 1 aromatic carbocycles. The summed E-state index contributed by atoms with van der Waals surface area (Å²) in [5.41, 5.74) is 7.61. The molecule has 88 valence electrons. The molecule has 0 aromatic heterocycles. The van der Waals surface area contributed by atoms with Crippen LogP contribution in [0.5, 0.6) is 5.75 Å². The second kappa shape index (κ2) is 5.07. The van der Waals surface area contributed by atoms with E-state index in [2.05, 4.69) is 4.90 Å². The molecule has 0 bridgehead atoms. The molecule has 2 rings (SSSR count). The minimum Gasteiger partial charge on any atom is -0.492 e. The fourth-order valence-electron chi connectivity index (χ4n) is 1.87. The third-order valence-corrected chi connectivity index (χ3v) is 2.64. The second-order valence-corrected chi connectivity index (χ2v) is 3.76. The highest BCUT2D eigenvalue weighted by Crippen LogP contribution is 2.31. The lowest BCUT2D eigenvalue weighted by Crippen LogP contribution is -2.36. The van der Waals surface area contributed by atoms with Gasteiger partial charge in [0.2, 0.25) is 0 Å². The van der Waals surface area contributed by atoms with Crippen LogP contribution in [0, 0.1) is 0 Å². The SMILES string of the molecule is CCOc1cc(N)ccc1N1CCOCC1. The third kappa shape index (κ3) is 2.39. The molecule has 1 heterocycles. The van der Waals surface area contributed by atoms with Gasteiger partial charge >= 0.3 is 0 Å². The largest absolute Gasteiger partial charge is 0.492 e. The van der Waals surface area contributed by atoms with Crippen LogP contribution in [0.4, 0.5) is 11.4 Å². The molecule has 0 radical (unpaired) electrons. The van der Waals surface area contributed by atoms with Gasteiger partial charge in [-0.3, -0.25) is 0 Å². The van der Waals surface area contributed by atoms with E-state index in [-0.39, 0.29) is 0 Å². The van der Waals surface area contributed by atoms with Gasteiger partial charge in [-0.2, -0.15) is 0 Å². The Morgan fingerprint density at radius 3 is 2.81 bits per heavy atom. The first-order chi connectivity index (χ1) is 7.81. The van der Waals surface area contributed by atoms with Crippen LogP contribution >= 0.6 is 0 Å². The molecule has 4 heteroatoms. The Morgan fingerprint density at radius 1 is 1.38 bits per heavy atom. The van der Waals surface area contributed by atoms with Crippen molar-refractivity contribution in [3.8, 4) is 5.75 Å². The van der Waals surface area contributed by atoms with E-state index in [9.17, 15) is 0 Å². The van der Waals surface area contributed by atoms with E-state index in [1.807, 2.05) is 25.1 Å². The van der Waals surface area contributed by atoms with E-state index >= 15 is 0 Å². The van der Waals surface area contributed by atoms with Gasteiger partial charge in [0.1, 0.15) is 5.75 Å². The van der Waals surface area contributed by atoms with Crippen LogP contribution < -0.4 is 15.4 Å². The van der Waals surface area contributed by atoms with Crippen molar-refractivity contribution in [3.63, 3.8) is 0 Å². The van der Waals surface area contributed by atoms with E-state index in [4.69, 9.17) is 15.2 Å². The molecule has 1 aliphatic heterocycles. The molecule has 0 saturated carbocycles. The minimum absolute atomic E-state index is 0.654. The van der Waals surface area contributed by atoms with Gasteiger partial charge < -0.3 is 20.1 Å². The van der Waals surface area contributed by atoms with Gasteiger partial charge in [0.05, 0.1) is 25.5 Å². The number of benzene rings is 1. The summed E-state index contributed by atoms with van der Waals surface area (Å²) in [6.07, 6.45) is 0. The Labute approximate surface area is 95.9 Å². The van der Waals surface area contributed by atoms with Crippen molar-refractivity contribution in [3.05, 3.63) is 18.2 Å². The van der Waals surface area contributed by atoms with Crippen LogP contribution in [0.15, 0.2) is 18.2 Å². The lowest BCUT2D eigenvalue weighted by Gasteiger charge is -2.30. The average Bonchev–Trinajstić information content (AvgIpc) is 2.31. The Balaban J connectivity index is 2.23. The van der Waals surface area contributed by atoms with E-state index in [0.717, 1.165) is 43.4 Å². The van der Waals surface area contributed by atoms with Crippen molar-refractivity contribution >= 4 is 11.4 Å². The summed E-state index contributed by atoms with van der Waals surface area (Å²) >= 11 is 0. The smallest absolute Gasteiger partial charge is 0.144 e. The Hall–Kier alpha value is -1.42. The second-order valence-electron chi connectivity index (χ2n) is 3.76. The van der Waals surface area contributed by atoms with Crippen LogP contribution in [-0.4, -0.2) is 32.9 Å². The molecule has 0 unspecified atom stereocenters. The van der Waals surface area contributed by atoms with Crippen LogP contribution in [0.25, 0.3) is 0 Å². The van der Waals surface area contributed by atoms with E-state index in [1.54, 1.807) is 0 Å². The highest BCUT2D eigenvalue weighted by Gasteiger charge is 2.15. The quantitative estimate of drug-likeness (QED) is 0.787. The maximum Gasteiger partial charge on any atom is 0.144 e. The van der Waals surface area contributed by atoms with Crippen molar-refractivity contribution in [2.75, 3.05) is 43.5 Å². The molecule has 0 atom stereocenters. The molecular weight excluding hydrogens is 204 g/mol. The molecule has 16 heavy (non-hydrogen) atoms.